The smallest absolute Gasteiger partial charge is 0.225 e. The molecule has 26 heavy (non-hydrogen) atoms. The fourth-order valence-corrected chi connectivity index (χ4v) is 6.58. The van der Waals surface area contributed by atoms with E-state index in [1.54, 1.807) is 6.07 Å². The summed E-state index contributed by atoms with van der Waals surface area (Å²) in [6.07, 6.45) is 5.16. The van der Waals surface area contributed by atoms with Gasteiger partial charge in [0.25, 0.3) is 0 Å². The van der Waals surface area contributed by atoms with Gasteiger partial charge in [-0.05, 0) is 30.5 Å². The Morgan fingerprint density at radius 2 is 2.04 bits per heavy atom. The average Bonchev–Trinajstić information content (AvgIpc) is 2.63. The molecule has 0 bridgehead atoms. The van der Waals surface area contributed by atoms with Crippen molar-refractivity contribution in [1.82, 2.24) is 5.32 Å². The molecule has 1 unspecified atom stereocenters. The van der Waals surface area contributed by atoms with Gasteiger partial charge in [-0.15, -0.1) is 0 Å². The summed E-state index contributed by atoms with van der Waals surface area (Å²) in [6, 6.07) is 7.47. The van der Waals surface area contributed by atoms with Crippen LogP contribution in [0.1, 0.15) is 44.1 Å². The number of hydrogen-bond donors (Lipinski definition) is 2. The van der Waals surface area contributed by atoms with Crippen LogP contribution < -0.4 is 10.6 Å². The molecule has 2 aliphatic rings. The SMILES string of the molecule is O=C(CC1CSCCN1)Nc1cccc(CS(=O)(=O)C2CCCCC2)c1. The second-order valence-electron chi connectivity index (χ2n) is 7.25. The molecule has 1 amide bonds. The van der Waals surface area contributed by atoms with Gasteiger partial charge in [-0.3, -0.25) is 4.79 Å². The van der Waals surface area contributed by atoms with Crippen molar-refractivity contribution >= 4 is 33.2 Å². The van der Waals surface area contributed by atoms with Gasteiger partial charge in [-0.1, -0.05) is 31.4 Å². The number of nitrogens with one attached hydrogen (secondary N) is 2. The summed E-state index contributed by atoms with van der Waals surface area (Å²) in [7, 11) is -3.13. The highest BCUT2D eigenvalue weighted by atomic mass is 32.2. The van der Waals surface area contributed by atoms with E-state index in [1.165, 1.54) is 0 Å². The first-order valence-corrected chi connectivity index (χ1v) is 12.3. The number of rotatable bonds is 6. The molecule has 1 atom stereocenters. The van der Waals surface area contributed by atoms with E-state index in [9.17, 15) is 13.2 Å². The Kier molecular flexibility index (Phi) is 7.00. The number of thioether (sulfide) groups is 1. The Morgan fingerprint density at radius 1 is 1.23 bits per heavy atom. The molecule has 0 radical (unpaired) electrons. The fraction of sp³-hybridized carbons (Fsp3) is 0.632. The van der Waals surface area contributed by atoms with E-state index >= 15 is 0 Å². The van der Waals surface area contributed by atoms with E-state index in [2.05, 4.69) is 10.6 Å². The predicted molar refractivity (Wildman–Crippen MR) is 108 cm³/mol. The second kappa shape index (κ2) is 9.24. The average molecular weight is 397 g/mol. The Bertz CT molecular complexity index is 709. The van der Waals surface area contributed by atoms with Crippen molar-refractivity contribution in [2.75, 3.05) is 23.4 Å². The molecular formula is C19H28N2O3S2. The van der Waals surface area contributed by atoms with E-state index in [1.807, 2.05) is 30.0 Å². The van der Waals surface area contributed by atoms with Crippen LogP contribution in [0, 0.1) is 0 Å². The van der Waals surface area contributed by atoms with Crippen LogP contribution in [0.15, 0.2) is 24.3 Å². The predicted octanol–water partition coefficient (Wildman–Crippen LogP) is 2.97. The Morgan fingerprint density at radius 3 is 2.77 bits per heavy atom. The lowest BCUT2D eigenvalue weighted by Crippen LogP contribution is -2.39. The fourth-order valence-electron chi connectivity index (χ4n) is 3.70. The first-order chi connectivity index (χ1) is 12.5. The van der Waals surface area contributed by atoms with E-state index in [0.29, 0.717) is 12.1 Å². The lowest BCUT2D eigenvalue weighted by atomic mass is 10.0. The molecule has 2 N–H and O–H groups in total. The molecule has 1 aliphatic heterocycles. The number of anilines is 1. The van der Waals surface area contributed by atoms with Gasteiger partial charge >= 0.3 is 0 Å². The lowest BCUT2D eigenvalue weighted by Gasteiger charge is -2.22. The summed E-state index contributed by atoms with van der Waals surface area (Å²) in [4.78, 5) is 12.2. The van der Waals surface area contributed by atoms with E-state index < -0.39 is 9.84 Å². The summed E-state index contributed by atoms with van der Waals surface area (Å²) in [6.45, 7) is 0.942. The summed E-state index contributed by atoms with van der Waals surface area (Å²) >= 11 is 1.86. The first-order valence-electron chi connectivity index (χ1n) is 9.44. The van der Waals surface area contributed by atoms with Crippen molar-refractivity contribution in [1.29, 1.82) is 0 Å². The van der Waals surface area contributed by atoms with Crippen molar-refractivity contribution in [2.24, 2.45) is 0 Å². The van der Waals surface area contributed by atoms with Crippen LogP contribution in [0.2, 0.25) is 0 Å². The van der Waals surface area contributed by atoms with Gasteiger partial charge in [0.2, 0.25) is 5.91 Å². The van der Waals surface area contributed by atoms with E-state index in [-0.39, 0.29) is 23.0 Å². The van der Waals surface area contributed by atoms with Gasteiger partial charge in [0.1, 0.15) is 0 Å². The third-order valence-electron chi connectivity index (χ3n) is 5.07. The number of benzene rings is 1. The van der Waals surface area contributed by atoms with Gasteiger partial charge in [0, 0.05) is 36.2 Å². The van der Waals surface area contributed by atoms with E-state index in [0.717, 1.165) is 55.7 Å². The number of amides is 1. The highest BCUT2D eigenvalue weighted by Gasteiger charge is 2.27. The molecule has 3 rings (SSSR count). The van der Waals surface area contributed by atoms with Crippen molar-refractivity contribution < 1.29 is 13.2 Å². The van der Waals surface area contributed by atoms with Crippen molar-refractivity contribution in [3.05, 3.63) is 29.8 Å². The maximum absolute atomic E-state index is 12.7. The van der Waals surface area contributed by atoms with Gasteiger partial charge < -0.3 is 10.6 Å². The largest absolute Gasteiger partial charge is 0.326 e. The van der Waals surface area contributed by atoms with Crippen molar-refractivity contribution in [3.63, 3.8) is 0 Å². The van der Waals surface area contributed by atoms with Crippen molar-refractivity contribution in [2.45, 2.75) is 55.6 Å². The summed E-state index contributed by atoms with van der Waals surface area (Å²) < 4.78 is 25.3. The van der Waals surface area contributed by atoms with Gasteiger partial charge in [0.15, 0.2) is 9.84 Å². The molecule has 1 aliphatic carbocycles. The van der Waals surface area contributed by atoms with E-state index in [4.69, 9.17) is 0 Å². The molecular weight excluding hydrogens is 368 g/mol. The molecule has 144 valence electrons. The second-order valence-corrected chi connectivity index (χ2v) is 10.7. The molecule has 0 aromatic heterocycles. The molecule has 0 spiro atoms. The number of hydrogen-bond acceptors (Lipinski definition) is 5. The van der Waals surface area contributed by atoms with Crippen LogP contribution in [-0.2, 0) is 20.4 Å². The third-order valence-corrected chi connectivity index (χ3v) is 8.42. The summed E-state index contributed by atoms with van der Waals surface area (Å²) in [5.74, 6) is 2.07. The maximum Gasteiger partial charge on any atom is 0.225 e. The standard InChI is InChI=1S/C19H28N2O3S2/c22-19(12-17-13-25-10-9-20-17)21-16-6-4-5-15(11-16)14-26(23,24)18-7-2-1-3-8-18/h4-6,11,17-18,20H,1-3,7-10,12-14H2,(H,21,22). The monoisotopic (exact) mass is 396 g/mol. The molecule has 1 saturated heterocycles. The van der Waals surface area contributed by atoms with Crippen LogP contribution in [0.25, 0.3) is 0 Å². The quantitative estimate of drug-likeness (QED) is 0.773. The maximum atomic E-state index is 12.7. The molecule has 1 aromatic rings. The summed E-state index contributed by atoms with van der Waals surface area (Å²) in [5, 5.41) is 6.06. The zero-order valence-corrected chi connectivity index (χ0v) is 16.7. The van der Waals surface area contributed by atoms with Gasteiger partial charge in [-0.25, -0.2) is 8.42 Å². The highest BCUT2D eigenvalue weighted by molar-refractivity contribution is 7.99. The Labute approximate surface area is 160 Å². The van der Waals surface area contributed by atoms with Crippen LogP contribution in [0.3, 0.4) is 0 Å². The minimum absolute atomic E-state index is 0.0303. The normalized spacial score (nSPS) is 22.1. The minimum Gasteiger partial charge on any atom is -0.326 e. The number of carbonyl (C=O) groups is 1. The number of sulfone groups is 1. The van der Waals surface area contributed by atoms with Crippen LogP contribution in [0.5, 0.6) is 0 Å². The Hall–Kier alpha value is -1.05. The third kappa shape index (κ3) is 5.72. The van der Waals surface area contributed by atoms with Gasteiger partial charge in [-0.2, -0.15) is 11.8 Å². The van der Waals surface area contributed by atoms with Crippen LogP contribution >= 0.6 is 11.8 Å². The lowest BCUT2D eigenvalue weighted by molar-refractivity contribution is -0.116. The molecule has 2 fully saturated rings. The molecule has 1 heterocycles. The molecule has 1 aromatic carbocycles. The summed E-state index contributed by atoms with van der Waals surface area (Å²) in [5.41, 5.74) is 1.43. The minimum atomic E-state index is -3.13. The van der Waals surface area contributed by atoms with Crippen LogP contribution in [-0.4, -0.2) is 43.7 Å². The topological polar surface area (TPSA) is 75.3 Å². The molecule has 5 nitrogen and oxygen atoms in total. The molecule has 1 saturated carbocycles. The van der Waals surface area contributed by atoms with Crippen LogP contribution in [0.4, 0.5) is 5.69 Å². The van der Waals surface area contributed by atoms with Gasteiger partial charge in [0.05, 0.1) is 11.0 Å². The molecule has 7 heteroatoms. The van der Waals surface area contributed by atoms with Crippen molar-refractivity contribution in [3.8, 4) is 0 Å². The highest BCUT2D eigenvalue weighted by Crippen LogP contribution is 2.26. The zero-order valence-electron chi connectivity index (χ0n) is 15.1. The first kappa shape index (κ1) is 19.7. The Balaban J connectivity index is 1.57. The zero-order chi connectivity index (χ0) is 18.4. The number of carbonyl (C=O) groups excluding carboxylic acids is 1.